The first-order valence-electron chi connectivity index (χ1n) is 3.50. The van der Waals surface area contributed by atoms with Gasteiger partial charge in [-0.15, -0.1) is 0 Å². The van der Waals surface area contributed by atoms with E-state index in [4.69, 9.17) is 0 Å². The third-order valence-electron chi connectivity index (χ3n) is 1.40. The summed E-state index contributed by atoms with van der Waals surface area (Å²) in [5.74, 6) is -0.594. The Morgan fingerprint density at radius 3 is 2.85 bits per heavy atom. The lowest BCUT2D eigenvalue weighted by molar-refractivity contribution is -0.141. The van der Waals surface area contributed by atoms with Gasteiger partial charge >= 0.3 is 5.97 Å². The molecule has 1 rings (SSSR count). The highest BCUT2D eigenvalue weighted by Gasteiger charge is 2.03. The van der Waals surface area contributed by atoms with Crippen molar-refractivity contribution in [1.29, 1.82) is 0 Å². The fourth-order valence-corrected chi connectivity index (χ4v) is 0.773. The molecule has 6 heteroatoms. The second-order valence-electron chi connectivity index (χ2n) is 2.31. The Hall–Kier alpha value is -1.85. The molecule has 6 nitrogen and oxygen atoms in total. The SMILES string of the molecule is COC(=O)Cn1[nH]c(=O)ccc1=O. The van der Waals surface area contributed by atoms with Gasteiger partial charge in [0.1, 0.15) is 6.54 Å². The number of aromatic nitrogens is 2. The van der Waals surface area contributed by atoms with Crippen molar-refractivity contribution in [2.45, 2.75) is 6.54 Å². The Morgan fingerprint density at radius 2 is 2.23 bits per heavy atom. The van der Waals surface area contributed by atoms with Crippen LogP contribution in [0, 0.1) is 0 Å². The van der Waals surface area contributed by atoms with Crippen molar-refractivity contribution in [1.82, 2.24) is 9.78 Å². The highest BCUT2D eigenvalue weighted by molar-refractivity contribution is 5.68. The van der Waals surface area contributed by atoms with Gasteiger partial charge in [-0.05, 0) is 0 Å². The molecule has 0 aliphatic heterocycles. The lowest BCUT2D eigenvalue weighted by Gasteiger charge is -2.01. The Kier molecular flexibility index (Phi) is 2.63. The summed E-state index contributed by atoms with van der Waals surface area (Å²) in [6, 6.07) is 2.18. The predicted molar refractivity (Wildman–Crippen MR) is 43.3 cm³/mol. The zero-order chi connectivity index (χ0) is 9.84. The van der Waals surface area contributed by atoms with Crippen LogP contribution in [0.4, 0.5) is 0 Å². The molecule has 0 bridgehead atoms. The van der Waals surface area contributed by atoms with Crippen molar-refractivity contribution in [3.05, 3.63) is 32.8 Å². The van der Waals surface area contributed by atoms with Crippen molar-refractivity contribution in [2.75, 3.05) is 7.11 Å². The molecule has 0 unspecified atom stereocenters. The number of nitrogens with one attached hydrogen (secondary N) is 1. The maximum Gasteiger partial charge on any atom is 0.327 e. The van der Waals surface area contributed by atoms with Crippen molar-refractivity contribution in [3.63, 3.8) is 0 Å². The molecule has 1 heterocycles. The molecule has 0 saturated heterocycles. The topological polar surface area (TPSA) is 81.2 Å². The van der Waals surface area contributed by atoms with Gasteiger partial charge in [-0.2, -0.15) is 0 Å². The van der Waals surface area contributed by atoms with Crippen LogP contribution in [0.3, 0.4) is 0 Å². The number of ether oxygens (including phenoxy) is 1. The zero-order valence-corrected chi connectivity index (χ0v) is 6.94. The Morgan fingerprint density at radius 1 is 1.54 bits per heavy atom. The van der Waals surface area contributed by atoms with Gasteiger partial charge in [-0.1, -0.05) is 0 Å². The molecule has 70 valence electrons. The monoisotopic (exact) mass is 184 g/mol. The summed E-state index contributed by atoms with van der Waals surface area (Å²) < 4.78 is 5.21. The van der Waals surface area contributed by atoms with E-state index in [-0.39, 0.29) is 6.54 Å². The van der Waals surface area contributed by atoms with Gasteiger partial charge in [-0.25, -0.2) is 4.68 Å². The molecular formula is C7H8N2O4. The van der Waals surface area contributed by atoms with E-state index in [1.54, 1.807) is 0 Å². The van der Waals surface area contributed by atoms with Crippen LogP contribution in [-0.2, 0) is 16.1 Å². The second-order valence-corrected chi connectivity index (χ2v) is 2.31. The summed E-state index contributed by atoms with van der Waals surface area (Å²) in [4.78, 5) is 32.5. The first kappa shape index (κ1) is 9.24. The number of rotatable bonds is 2. The van der Waals surface area contributed by atoms with Crippen LogP contribution < -0.4 is 11.1 Å². The average Bonchev–Trinajstić information content (AvgIpc) is 2.11. The molecule has 0 aromatic carbocycles. The minimum atomic E-state index is -0.594. The second kappa shape index (κ2) is 3.70. The molecule has 0 amide bonds. The molecule has 1 N–H and O–H groups in total. The number of nitrogens with zero attached hydrogens (tertiary/aromatic N) is 1. The Bertz CT molecular complexity index is 417. The molecule has 0 radical (unpaired) electrons. The van der Waals surface area contributed by atoms with Gasteiger partial charge < -0.3 is 4.74 Å². The van der Waals surface area contributed by atoms with Crippen LogP contribution in [0.15, 0.2) is 21.7 Å². The molecule has 0 spiro atoms. The van der Waals surface area contributed by atoms with Gasteiger partial charge in [0.15, 0.2) is 0 Å². The molecule has 0 saturated carbocycles. The number of aromatic amines is 1. The molecule has 1 aromatic heterocycles. The van der Waals surface area contributed by atoms with Crippen molar-refractivity contribution >= 4 is 5.97 Å². The van der Waals surface area contributed by atoms with Crippen LogP contribution >= 0.6 is 0 Å². The van der Waals surface area contributed by atoms with E-state index >= 15 is 0 Å². The molecule has 0 fully saturated rings. The van der Waals surface area contributed by atoms with Crippen LogP contribution in [0.1, 0.15) is 0 Å². The van der Waals surface area contributed by atoms with Crippen LogP contribution in [0.25, 0.3) is 0 Å². The zero-order valence-electron chi connectivity index (χ0n) is 6.94. The van der Waals surface area contributed by atoms with Gasteiger partial charge in [0.2, 0.25) is 0 Å². The lowest BCUT2D eigenvalue weighted by atomic mass is 10.5. The number of esters is 1. The van der Waals surface area contributed by atoms with E-state index in [0.717, 1.165) is 16.8 Å². The smallest absolute Gasteiger partial charge is 0.327 e. The standard InChI is InChI=1S/C7H8N2O4/c1-13-7(12)4-9-6(11)3-2-5(10)8-9/h2-3H,4H2,1H3,(H,8,10). The van der Waals surface area contributed by atoms with Gasteiger partial charge in [0.05, 0.1) is 7.11 Å². The average molecular weight is 184 g/mol. The van der Waals surface area contributed by atoms with E-state index in [1.807, 2.05) is 0 Å². The third-order valence-corrected chi connectivity index (χ3v) is 1.40. The normalized spacial score (nSPS) is 9.62. The van der Waals surface area contributed by atoms with E-state index in [2.05, 4.69) is 9.84 Å². The Labute approximate surface area is 72.7 Å². The minimum absolute atomic E-state index is 0.286. The first-order valence-corrected chi connectivity index (χ1v) is 3.50. The highest BCUT2D eigenvalue weighted by atomic mass is 16.5. The number of methoxy groups -OCH3 is 1. The summed E-state index contributed by atoms with van der Waals surface area (Å²) >= 11 is 0. The quantitative estimate of drug-likeness (QED) is 0.580. The van der Waals surface area contributed by atoms with Crippen LogP contribution in [-0.4, -0.2) is 22.9 Å². The number of hydrogen-bond acceptors (Lipinski definition) is 4. The first-order chi connectivity index (χ1) is 6.13. The van der Waals surface area contributed by atoms with Crippen molar-refractivity contribution in [2.24, 2.45) is 0 Å². The van der Waals surface area contributed by atoms with Crippen LogP contribution in [0.2, 0.25) is 0 Å². The Balaban J connectivity index is 3.01. The summed E-state index contributed by atoms with van der Waals surface area (Å²) in [7, 11) is 1.20. The molecular weight excluding hydrogens is 176 g/mol. The molecule has 0 atom stereocenters. The van der Waals surface area contributed by atoms with Crippen molar-refractivity contribution < 1.29 is 9.53 Å². The van der Waals surface area contributed by atoms with E-state index in [1.165, 1.54) is 7.11 Å². The predicted octanol–water partition coefficient (Wildman–Crippen LogP) is -1.29. The number of hydrogen-bond donors (Lipinski definition) is 1. The summed E-state index contributed by atoms with van der Waals surface area (Å²) in [6.07, 6.45) is 0. The third kappa shape index (κ3) is 2.29. The van der Waals surface area contributed by atoms with Gasteiger partial charge in [-0.3, -0.25) is 19.5 Å². The molecule has 1 aromatic rings. The van der Waals surface area contributed by atoms with Crippen LogP contribution in [0.5, 0.6) is 0 Å². The summed E-state index contributed by atoms with van der Waals surface area (Å²) in [6.45, 7) is -0.286. The van der Waals surface area contributed by atoms with E-state index < -0.39 is 17.1 Å². The van der Waals surface area contributed by atoms with Gasteiger partial charge in [0.25, 0.3) is 11.1 Å². The maximum absolute atomic E-state index is 11.0. The highest BCUT2D eigenvalue weighted by Crippen LogP contribution is 1.77. The minimum Gasteiger partial charge on any atom is -0.468 e. The summed E-state index contributed by atoms with van der Waals surface area (Å²) in [5.41, 5.74) is -0.895. The molecule has 0 aliphatic carbocycles. The number of carbonyl (C=O) groups is 1. The van der Waals surface area contributed by atoms with Crippen molar-refractivity contribution in [3.8, 4) is 0 Å². The number of carbonyl (C=O) groups excluding carboxylic acids is 1. The van der Waals surface area contributed by atoms with Gasteiger partial charge in [0, 0.05) is 12.1 Å². The van der Waals surface area contributed by atoms with E-state index in [9.17, 15) is 14.4 Å². The largest absolute Gasteiger partial charge is 0.468 e. The fourth-order valence-electron chi connectivity index (χ4n) is 0.773. The lowest BCUT2D eigenvalue weighted by Crippen LogP contribution is -2.31. The summed E-state index contributed by atoms with van der Waals surface area (Å²) in [5, 5.41) is 2.19. The maximum atomic E-state index is 11.0. The van der Waals surface area contributed by atoms with E-state index in [0.29, 0.717) is 0 Å². The number of H-pyrrole nitrogens is 1. The fraction of sp³-hybridized carbons (Fsp3) is 0.286. The molecule has 13 heavy (non-hydrogen) atoms. The molecule has 0 aliphatic rings.